The highest BCUT2D eigenvalue weighted by atomic mass is 16.1. The van der Waals surface area contributed by atoms with Gasteiger partial charge in [0.15, 0.2) is 0 Å². The molecule has 1 amide bonds. The smallest absolute Gasteiger partial charge is 0.246 e. The summed E-state index contributed by atoms with van der Waals surface area (Å²) >= 11 is 0. The lowest BCUT2D eigenvalue weighted by molar-refractivity contribution is -0.117. The van der Waals surface area contributed by atoms with Gasteiger partial charge in [-0.2, -0.15) is 5.10 Å². The lowest BCUT2D eigenvalue weighted by atomic mass is 10.0. The van der Waals surface area contributed by atoms with Crippen LogP contribution >= 0.6 is 0 Å². The van der Waals surface area contributed by atoms with E-state index < -0.39 is 0 Å². The zero-order valence-electron chi connectivity index (χ0n) is 11.9. The van der Waals surface area contributed by atoms with Gasteiger partial charge in [-0.3, -0.25) is 9.48 Å². The van der Waals surface area contributed by atoms with Crippen molar-refractivity contribution in [2.24, 2.45) is 0 Å². The molecule has 0 spiro atoms. The van der Waals surface area contributed by atoms with Crippen LogP contribution in [0.1, 0.15) is 24.7 Å². The number of aryl methyl sites for hydroxylation is 3. The van der Waals surface area contributed by atoms with Crippen molar-refractivity contribution in [1.82, 2.24) is 20.4 Å². The first kappa shape index (κ1) is 13.8. The number of carbonyl (C=O) groups is 1. The quantitative estimate of drug-likeness (QED) is 0.613. The minimum Gasteiger partial charge on any atom is -0.352 e. The summed E-state index contributed by atoms with van der Waals surface area (Å²) < 4.78 is 1.99. The molecular formula is C14H22N4O. The van der Waals surface area contributed by atoms with Gasteiger partial charge < -0.3 is 10.6 Å². The molecule has 1 aromatic heterocycles. The molecule has 5 heteroatoms. The molecule has 0 atom stereocenters. The summed E-state index contributed by atoms with van der Waals surface area (Å²) in [6.07, 6.45) is 0.897. The second-order valence-corrected chi connectivity index (χ2v) is 5.09. The molecule has 2 rings (SSSR count). The van der Waals surface area contributed by atoms with Crippen LogP contribution in [-0.4, -0.2) is 35.3 Å². The van der Waals surface area contributed by atoms with E-state index in [-0.39, 0.29) is 5.91 Å². The average Bonchev–Trinajstić information content (AvgIpc) is 2.60. The molecule has 0 aromatic carbocycles. The third-order valence-electron chi connectivity index (χ3n) is 3.48. The van der Waals surface area contributed by atoms with E-state index in [0.29, 0.717) is 6.54 Å². The molecule has 5 nitrogen and oxygen atoms in total. The maximum atomic E-state index is 11.8. The molecule has 2 heterocycles. The molecule has 1 aliphatic rings. The van der Waals surface area contributed by atoms with Crippen molar-refractivity contribution in [3.8, 4) is 0 Å². The number of carbonyl (C=O) groups excluding carboxylic acids is 1. The number of nitrogens with one attached hydrogen (secondary N) is 2. The van der Waals surface area contributed by atoms with E-state index in [0.717, 1.165) is 37.3 Å². The largest absolute Gasteiger partial charge is 0.352 e. The van der Waals surface area contributed by atoms with Gasteiger partial charge in [0, 0.05) is 37.4 Å². The lowest BCUT2D eigenvalue weighted by Gasteiger charge is -2.21. The van der Waals surface area contributed by atoms with Gasteiger partial charge in [-0.1, -0.05) is 0 Å². The second-order valence-electron chi connectivity index (χ2n) is 5.09. The second kappa shape index (κ2) is 6.02. The summed E-state index contributed by atoms with van der Waals surface area (Å²) in [4.78, 5) is 11.8. The van der Waals surface area contributed by atoms with Crippen LogP contribution in [0, 0.1) is 13.8 Å². The summed E-state index contributed by atoms with van der Waals surface area (Å²) in [6.45, 7) is 9.18. The van der Waals surface area contributed by atoms with Crippen LogP contribution in [0.3, 0.4) is 0 Å². The first-order valence-corrected chi connectivity index (χ1v) is 6.76. The molecule has 1 aliphatic heterocycles. The number of rotatable bonds is 5. The molecule has 0 aliphatic carbocycles. The molecule has 19 heavy (non-hydrogen) atoms. The number of aromatic nitrogens is 2. The predicted molar refractivity (Wildman–Crippen MR) is 74.9 cm³/mol. The van der Waals surface area contributed by atoms with E-state index in [1.165, 1.54) is 11.3 Å². The van der Waals surface area contributed by atoms with E-state index in [9.17, 15) is 4.79 Å². The van der Waals surface area contributed by atoms with Crippen LogP contribution in [0.2, 0.25) is 0 Å². The third-order valence-corrected chi connectivity index (χ3v) is 3.48. The van der Waals surface area contributed by atoms with Crippen molar-refractivity contribution >= 4 is 5.91 Å². The van der Waals surface area contributed by atoms with Crippen LogP contribution in [-0.2, 0) is 11.3 Å². The Morgan fingerprint density at radius 3 is 2.74 bits per heavy atom. The number of amides is 1. The minimum atomic E-state index is 0.0601. The first-order chi connectivity index (χ1) is 9.08. The molecule has 1 saturated heterocycles. The SMILES string of the molecule is CC(C(=O)NCCCn1nc(C)cc1C)=C1CNC1. The molecular weight excluding hydrogens is 240 g/mol. The van der Waals surface area contributed by atoms with E-state index in [2.05, 4.69) is 28.7 Å². The monoisotopic (exact) mass is 262 g/mol. The predicted octanol–water partition coefficient (Wildman–Crippen LogP) is 0.926. The zero-order chi connectivity index (χ0) is 13.8. The highest BCUT2D eigenvalue weighted by Gasteiger charge is 2.15. The molecule has 0 saturated carbocycles. The first-order valence-electron chi connectivity index (χ1n) is 6.76. The van der Waals surface area contributed by atoms with E-state index in [4.69, 9.17) is 0 Å². The Bertz CT molecular complexity index is 496. The van der Waals surface area contributed by atoms with Gasteiger partial charge in [0.05, 0.1) is 5.69 Å². The van der Waals surface area contributed by atoms with Gasteiger partial charge in [-0.15, -0.1) is 0 Å². The maximum Gasteiger partial charge on any atom is 0.246 e. The average molecular weight is 262 g/mol. The summed E-state index contributed by atoms with van der Waals surface area (Å²) in [6, 6.07) is 2.07. The van der Waals surface area contributed by atoms with Crippen LogP contribution in [0.5, 0.6) is 0 Å². The fourth-order valence-corrected chi connectivity index (χ4v) is 2.14. The van der Waals surface area contributed by atoms with Crippen molar-refractivity contribution in [3.63, 3.8) is 0 Å². The van der Waals surface area contributed by atoms with Crippen molar-refractivity contribution in [2.45, 2.75) is 33.7 Å². The molecule has 104 valence electrons. The Labute approximate surface area is 114 Å². The standard InChI is InChI=1S/C14H22N4O/c1-10-7-11(2)18(17-10)6-4-5-16-14(19)12(3)13-8-15-9-13/h7,15H,4-6,8-9H2,1-3H3,(H,16,19). The molecule has 0 radical (unpaired) electrons. The lowest BCUT2D eigenvalue weighted by Crippen LogP contribution is -2.37. The van der Waals surface area contributed by atoms with Crippen LogP contribution < -0.4 is 10.6 Å². The molecule has 1 aromatic rings. The highest BCUT2D eigenvalue weighted by Crippen LogP contribution is 2.08. The van der Waals surface area contributed by atoms with E-state index >= 15 is 0 Å². The Balaban J connectivity index is 1.72. The summed E-state index contributed by atoms with van der Waals surface area (Å²) in [7, 11) is 0. The number of hydrogen-bond donors (Lipinski definition) is 2. The Morgan fingerprint density at radius 2 is 2.21 bits per heavy atom. The Hall–Kier alpha value is -1.62. The Morgan fingerprint density at radius 1 is 1.47 bits per heavy atom. The van der Waals surface area contributed by atoms with Crippen LogP contribution in [0.15, 0.2) is 17.2 Å². The van der Waals surface area contributed by atoms with Crippen molar-refractivity contribution in [2.75, 3.05) is 19.6 Å². The number of hydrogen-bond acceptors (Lipinski definition) is 3. The summed E-state index contributed by atoms with van der Waals surface area (Å²) in [5.41, 5.74) is 4.29. The zero-order valence-corrected chi connectivity index (χ0v) is 11.9. The van der Waals surface area contributed by atoms with Crippen molar-refractivity contribution in [1.29, 1.82) is 0 Å². The van der Waals surface area contributed by atoms with Crippen LogP contribution in [0.4, 0.5) is 0 Å². The number of nitrogens with zero attached hydrogens (tertiary/aromatic N) is 2. The fourth-order valence-electron chi connectivity index (χ4n) is 2.14. The van der Waals surface area contributed by atoms with E-state index in [1.807, 2.05) is 18.5 Å². The molecule has 2 N–H and O–H groups in total. The maximum absolute atomic E-state index is 11.8. The summed E-state index contributed by atoms with van der Waals surface area (Å²) in [5.74, 6) is 0.0601. The Kier molecular flexibility index (Phi) is 4.37. The molecule has 1 fully saturated rings. The van der Waals surface area contributed by atoms with E-state index in [1.54, 1.807) is 0 Å². The normalized spacial score (nSPS) is 14.2. The van der Waals surface area contributed by atoms with Gasteiger partial charge in [0.25, 0.3) is 0 Å². The van der Waals surface area contributed by atoms with Gasteiger partial charge in [0.1, 0.15) is 0 Å². The van der Waals surface area contributed by atoms with Crippen LogP contribution in [0.25, 0.3) is 0 Å². The van der Waals surface area contributed by atoms with Crippen molar-refractivity contribution in [3.05, 3.63) is 28.6 Å². The van der Waals surface area contributed by atoms with Gasteiger partial charge in [-0.05, 0) is 38.8 Å². The minimum absolute atomic E-state index is 0.0601. The third kappa shape index (κ3) is 3.44. The van der Waals surface area contributed by atoms with Gasteiger partial charge in [0.2, 0.25) is 5.91 Å². The van der Waals surface area contributed by atoms with Gasteiger partial charge >= 0.3 is 0 Å². The fraction of sp³-hybridized carbons (Fsp3) is 0.571. The topological polar surface area (TPSA) is 59.0 Å². The van der Waals surface area contributed by atoms with Gasteiger partial charge in [-0.25, -0.2) is 0 Å². The highest BCUT2D eigenvalue weighted by molar-refractivity contribution is 5.93. The molecule has 0 unspecified atom stereocenters. The summed E-state index contributed by atoms with van der Waals surface area (Å²) in [5, 5.41) is 10.5. The van der Waals surface area contributed by atoms with Crippen molar-refractivity contribution < 1.29 is 4.79 Å². The molecule has 0 bridgehead atoms.